The number of rotatable bonds is 9. The lowest BCUT2D eigenvalue weighted by atomic mass is 10.1. The lowest BCUT2D eigenvalue weighted by Crippen LogP contribution is -2.45. The predicted molar refractivity (Wildman–Crippen MR) is 108 cm³/mol. The zero-order valence-corrected chi connectivity index (χ0v) is 16.6. The molecule has 0 radical (unpaired) electrons. The van der Waals surface area contributed by atoms with Crippen molar-refractivity contribution in [1.29, 1.82) is 0 Å². The van der Waals surface area contributed by atoms with Crippen LogP contribution in [-0.4, -0.2) is 59.0 Å². The molecule has 2 rings (SSSR count). The number of anilines is 1. The number of para-hydroxylation sites is 2. The van der Waals surface area contributed by atoms with Crippen molar-refractivity contribution < 1.29 is 9.47 Å². The molecule has 1 aliphatic heterocycles. The minimum atomic E-state index is 0.368. The van der Waals surface area contributed by atoms with Crippen LogP contribution in [0.25, 0.3) is 0 Å². The second kappa shape index (κ2) is 10.9. The van der Waals surface area contributed by atoms with Gasteiger partial charge >= 0.3 is 0 Å². The second-order valence-corrected chi connectivity index (χ2v) is 7.04. The summed E-state index contributed by atoms with van der Waals surface area (Å²) in [6.07, 6.45) is 2.18. The first-order valence-corrected chi connectivity index (χ1v) is 9.57. The quantitative estimate of drug-likeness (QED) is 0.402. The van der Waals surface area contributed by atoms with Gasteiger partial charge in [-0.1, -0.05) is 26.0 Å². The fraction of sp³-hybridized carbons (Fsp3) is 0.650. The van der Waals surface area contributed by atoms with Gasteiger partial charge < -0.3 is 25.0 Å². The maximum Gasteiger partial charge on any atom is 0.191 e. The SMILES string of the molecule is CN=C(NCCOCCC(C)C)NC1CCN(c2ccccc2OC)C1. The molecule has 2 N–H and O–H groups in total. The minimum Gasteiger partial charge on any atom is -0.495 e. The summed E-state index contributed by atoms with van der Waals surface area (Å²) in [4.78, 5) is 6.68. The van der Waals surface area contributed by atoms with Gasteiger partial charge in [-0.05, 0) is 30.9 Å². The number of hydrogen-bond acceptors (Lipinski definition) is 4. The number of aliphatic imine (C=N–C) groups is 1. The van der Waals surface area contributed by atoms with E-state index in [1.165, 1.54) is 0 Å². The predicted octanol–water partition coefficient (Wildman–Crippen LogP) is 2.50. The molecule has 0 spiro atoms. The monoisotopic (exact) mass is 362 g/mol. The van der Waals surface area contributed by atoms with Crippen LogP contribution in [0.5, 0.6) is 5.75 Å². The van der Waals surface area contributed by atoms with Crippen molar-refractivity contribution in [2.24, 2.45) is 10.9 Å². The molecule has 1 unspecified atom stereocenters. The molecule has 0 bridgehead atoms. The van der Waals surface area contributed by atoms with Crippen molar-refractivity contribution >= 4 is 11.6 Å². The number of benzene rings is 1. The highest BCUT2D eigenvalue weighted by Gasteiger charge is 2.25. The van der Waals surface area contributed by atoms with Crippen LogP contribution >= 0.6 is 0 Å². The minimum absolute atomic E-state index is 0.368. The molecule has 1 aromatic carbocycles. The Labute approximate surface area is 158 Å². The van der Waals surface area contributed by atoms with E-state index in [0.29, 0.717) is 18.6 Å². The van der Waals surface area contributed by atoms with Gasteiger partial charge in [-0.2, -0.15) is 0 Å². The van der Waals surface area contributed by atoms with Gasteiger partial charge in [-0.15, -0.1) is 0 Å². The molecule has 6 nitrogen and oxygen atoms in total. The molecule has 6 heteroatoms. The molecule has 0 aliphatic carbocycles. The Hall–Kier alpha value is -1.95. The van der Waals surface area contributed by atoms with Gasteiger partial charge in [-0.3, -0.25) is 4.99 Å². The maximum atomic E-state index is 5.64. The zero-order valence-electron chi connectivity index (χ0n) is 16.6. The molecule has 0 amide bonds. The van der Waals surface area contributed by atoms with Crippen molar-refractivity contribution in [3.05, 3.63) is 24.3 Å². The topological polar surface area (TPSA) is 58.1 Å². The third-order valence-corrected chi connectivity index (χ3v) is 4.56. The first-order valence-electron chi connectivity index (χ1n) is 9.57. The standard InChI is InChI=1S/C20H34N4O2/c1-16(2)10-13-26-14-11-22-20(21-3)23-17-9-12-24(15-17)18-7-5-6-8-19(18)25-4/h5-8,16-17H,9-15H2,1-4H3,(H2,21,22,23). The molecule has 146 valence electrons. The molecule has 0 aromatic heterocycles. The van der Waals surface area contributed by atoms with E-state index in [1.54, 1.807) is 7.11 Å². The normalized spacial score (nSPS) is 17.7. The van der Waals surface area contributed by atoms with Crippen LogP contribution in [0.15, 0.2) is 29.3 Å². The van der Waals surface area contributed by atoms with E-state index in [2.05, 4.69) is 46.5 Å². The molecule has 1 aromatic rings. The van der Waals surface area contributed by atoms with E-state index in [9.17, 15) is 0 Å². The van der Waals surface area contributed by atoms with Crippen LogP contribution in [0, 0.1) is 5.92 Å². The summed E-state index contributed by atoms with van der Waals surface area (Å²) in [6.45, 7) is 8.65. The van der Waals surface area contributed by atoms with E-state index < -0.39 is 0 Å². The van der Waals surface area contributed by atoms with Crippen LogP contribution in [0.3, 0.4) is 0 Å². The number of hydrogen-bond donors (Lipinski definition) is 2. The summed E-state index contributed by atoms with van der Waals surface area (Å²) >= 11 is 0. The fourth-order valence-electron chi connectivity index (χ4n) is 3.04. The highest BCUT2D eigenvalue weighted by atomic mass is 16.5. The zero-order chi connectivity index (χ0) is 18.8. The van der Waals surface area contributed by atoms with Crippen LogP contribution < -0.4 is 20.3 Å². The Kier molecular flexibility index (Phi) is 8.54. The van der Waals surface area contributed by atoms with Crippen molar-refractivity contribution in [1.82, 2.24) is 10.6 Å². The van der Waals surface area contributed by atoms with Gasteiger partial charge in [0, 0.05) is 39.3 Å². The number of ether oxygens (including phenoxy) is 2. The second-order valence-electron chi connectivity index (χ2n) is 7.04. The third kappa shape index (κ3) is 6.41. The lowest BCUT2D eigenvalue weighted by Gasteiger charge is -2.22. The molecular weight excluding hydrogens is 328 g/mol. The highest BCUT2D eigenvalue weighted by molar-refractivity contribution is 5.80. The number of guanidine groups is 1. The van der Waals surface area contributed by atoms with E-state index in [0.717, 1.165) is 56.5 Å². The fourth-order valence-corrected chi connectivity index (χ4v) is 3.04. The molecular formula is C20H34N4O2. The molecule has 1 fully saturated rings. The van der Waals surface area contributed by atoms with Gasteiger partial charge in [0.05, 0.1) is 19.4 Å². The number of nitrogens with zero attached hydrogens (tertiary/aromatic N) is 2. The first-order chi connectivity index (χ1) is 12.6. The van der Waals surface area contributed by atoms with Crippen LogP contribution in [-0.2, 0) is 4.74 Å². The van der Waals surface area contributed by atoms with Crippen LogP contribution in [0.4, 0.5) is 5.69 Å². The first kappa shape index (κ1) is 20.4. The largest absolute Gasteiger partial charge is 0.495 e. The van der Waals surface area contributed by atoms with Crippen LogP contribution in [0.1, 0.15) is 26.7 Å². The van der Waals surface area contributed by atoms with Gasteiger partial charge in [0.15, 0.2) is 5.96 Å². The van der Waals surface area contributed by atoms with Crippen molar-refractivity contribution in [2.75, 3.05) is 51.9 Å². The Morgan fingerprint density at radius 1 is 1.31 bits per heavy atom. The summed E-state index contributed by atoms with van der Waals surface area (Å²) in [5.41, 5.74) is 1.15. The number of methoxy groups -OCH3 is 1. The van der Waals surface area contributed by atoms with E-state index >= 15 is 0 Å². The highest BCUT2D eigenvalue weighted by Crippen LogP contribution is 2.30. The van der Waals surface area contributed by atoms with Crippen LogP contribution in [0.2, 0.25) is 0 Å². The average Bonchev–Trinajstić information content (AvgIpc) is 3.11. The van der Waals surface area contributed by atoms with Crippen molar-refractivity contribution in [3.63, 3.8) is 0 Å². The van der Waals surface area contributed by atoms with E-state index in [4.69, 9.17) is 9.47 Å². The summed E-state index contributed by atoms with van der Waals surface area (Å²) in [7, 11) is 3.53. The maximum absolute atomic E-state index is 5.64. The Morgan fingerprint density at radius 3 is 2.85 bits per heavy atom. The summed E-state index contributed by atoms with van der Waals surface area (Å²) in [5, 5.41) is 6.85. The Morgan fingerprint density at radius 2 is 2.12 bits per heavy atom. The summed E-state index contributed by atoms with van der Waals surface area (Å²) < 4.78 is 11.1. The van der Waals surface area contributed by atoms with E-state index in [-0.39, 0.29) is 0 Å². The summed E-state index contributed by atoms with van der Waals surface area (Å²) in [6, 6.07) is 8.55. The van der Waals surface area contributed by atoms with Crippen molar-refractivity contribution in [3.8, 4) is 5.75 Å². The summed E-state index contributed by atoms with van der Waals surface area (Å²) in [5.74, 6) is 2.45. The lowest BCUT2D eigenvalue weighted by molar-refractivity contribution is 0.128. The Balaban J connectivity index is 1.72. The van der Waals surface area contributed by atoms with Crippen molar-refractivity contribution in [2.45, 2.75) is 32.7 Å². The molecule has 1 saturated heterocycles. The molecule has 1 heterocycles. The van der Waals surface area contributed by atoms with Gasteiger partial charge in [0.1, 0.15) is 5.75 Å². The number of nitrogens with one attached hydrogen (secondary N) is 2. The third-order valence-electron chi connectivity index (χ3n) is 4.56. The average molecular weight is 363 g/mol. The van der Waals surface area contributed by atoms with Gasteiger partial charge in [-0.25, -0.2) is 0 Å². The smallest absolute Gasteiger partial charge is 0.191 e. The molecule has 1 atom stereocenters. The molecule has 0 saturated carbocycles. The van der Waals surface area contributed by atoms with Gasteiger partial charge in [0.25, 0.3) is 0 Å². The Bertz CT molecular complexity index is 562. The van der Waals surface area contributed by atoms with Gasteiger partial charge in [0.2, 0.25) is 0 Å². The molecule has 26 heavy (non-hydrogen) atoms. The molecule has 1 aliphatic rings. The van der Waals surface area contributed by atoms with E-state index in [1.807, 2.05) is 19.2 Å².